The fourth-order valence-electron chi connectivity index (χ4n) is 3.12. The molecule has 3 aromatic rings. The van der Waals surface area contributed by atoms with E-state index in [2.05, 4.69) is 0 Å². The van der Waals surface area contributed by atoms with E-state index in [4.69, 9.17) is 16.6 Å². The van der Waals surface area contributed by atoms with Gasteiger partial charge in [-0.1, -0.05) is 48.0 Å². The summed E-state index contributed by atoms with van der Waals surface area (Å²) in [5.41, 5.74) is 3.34. The van der Waals surface area contributed by atoms with Crippen LogP contribution in [0.15, 0.2) is 84.1 Å². The lowest BCUT2D eigenvalue weighted by Crippen LogP contribution is -2.47. The zero-order valence-electron chi connectivity index (χ0n) is 14.2. The van der Waals surface area contributed by atoms with Gasteiger partial charge in [0.2, 0.25) is 0 Å². The molecule has 1 amide bonds. The summed E-state index contributed by atoms with van der Waals surface area (Å²) in [6.07, 6.45) is 3.03. The molecule has 0 N–H and O–H groups in total. The summed E-state index contributed by atoms with van der Waals surface area (Å²) in [6, 6.07) is 21.1. The Morgan fingerprint density at radius 2 is 1.69 bits per heavy atom. The topological polar surface area (TPSA) is 36.5 Å². The number of fused-ring (bicyclic) bond motifs is 1. The average Bonchev–Trinajstić information content (AvgIpc) is 2.79. The van der Waals surface area contributed by atoms with E-state index in [1.165, 1.54) is 0 Å². The van der Waals surface area contributed by atoms with Gasteiger partial charge in [0.15, 0.2) is 12.4 Å². The highest BCUT2D eigenvalue weighted by Gasteiger charge is 2.35. The number of halogens is 1. The zero-order chi connectivity index (χ0) is 18.1. The molecule has 4 rings (SSSR count). The highest BCUT2D eigenvalue weighted by molar-refractivity contribution is 6.32. The molecule has 0 aliphatic carbocycles. The molecule has 0 fully saturated rings. The van der Waals surface area contributed by atoms with Crippen LogP contribution in [0.4, 0.5) is 5.69 Å². The number of hydrogen-bond donors (Lipinski definition) is 0. The van der Waals surface area contributed by atoms with Gasteiger partial charge in [0, 0.05) is 35.3 Å². The van der Waals surface area contributed by atoms with Crippen molar-refractivity contribution in [2.75, 3.05) is 11.9 Å². The number of benzene rings is 2. The Balaban J connectivity index is 1.98. The summed E-state index contributed by atoms with van der Waals surface area (Å²) in [4.78, 5) is 19.6. The Kier molecular flexibility index (Phi) is 4.27. The molecule has 0 saturated carbocycles. The maximum absolute atomic E-state index is 13.1. The Bertz CT molecular complexity index is 987. The summed E-state index contributed by atoms with van der Waals surface area (Å²) in [6.45, 7) is 0. The average molecular weight is 363 g/mol. The first-order valence-corrected chi connectivity index (χ1v) is 8.69. The van der Waals surface area contributed by atoms with Gasteiger partial charge >= 0.3 is 12.1 Å². The third-order valence-corrected chi connectivity index (χ3v) is 4.68. The van der Waals surface area contributed by atoms with Crippen molar-refractivity contribution in [1.29, 1.82) is 0 Å². The molecule has 1 atom stereocenters. The van der Waals surface area contributed by atoms with Crippen molar-refractivity contribution in [2.24, 2.45) is 4.99 Å². The minimum Gasteiger partial charge on any atom is -0.307 e. The summed E-state index contributed by atoms with van der Waals surface area (Å²) in [5.74, 6) is -0.101. The molecule has 0 spiro atoms. The van der Waals surface area contributed by atoms with Gasteiger partial charge in [0.25, 0.3) is 0 Å². The molecule has 128 valence electrons. The second-order valence-electron chi connectivity index (χ2n) is 6.10. The Morgan fingerprint density at radius 3 is 2.42 bits per heavy atom. The molecule has 0 radical (unpaired) electrons. The standard InChI is InChI=1S/C21H17ClN3O/c1-24-18-11-10-16(22)14-17(18)19(15-8-4-2-5-9-15)23-20(21(24)26)25-12-6-3-7-13-25/h2-14,20H,1H3/q+1. The fourth-order valence-corrected chi connectivity index (χ4v) is 3.30. The van der Waals surface area contributed by atoms with Crippen LogP contribution in [0.3, 0.4) is 0 Å². The number of carbonyl (C=O) groups excluding carboxylic acids is 1. The van der Waals surface area contributed by atoms with E-state index in [0.29, 0.717) is 5.02 Å². The minimum absolute atomic E-state index is 0.101. The van der Waals surface area contributed by atoms with Crippen molar-refractivity contribution in [3.05, 3.63) is 95.3 Å². The molecule has 4 nitrogen and oxygen atoms in total. The molecule has 5 heteroatoms. The lowest BCUT2D eigenvalue weighted by Gasteiger charge is -2.18. The van der Waals surface area contributed by atoms with Crippen LogP contribution in [0.1, 0.15) is 17.3 Å². The fraction of sp³-hybridized carbons (Fsp3) is 0.0952. The number of amides is 1. The van der Waals surface area contributed by atoms with Crippen molar-refractivity contribution < 1.29 is 9.36 Å². The Morgan fingerprint density at radius 1 is 1.00 bits per heavy atom. The van der Waals surface area contributed by atoms with Gasteiger partial charge in [0.1, 0.15) is 0 Å². The summed E-state index contributed by atoms with van der Waals surface area (Å²) in [5, 5.41) is 0.610. The zero-order valence-corrected chi connectivity index (χ0v) is 15.0. The largest absolute Gasteiger partial charge is 0.331 e. The normalized spacial score (nSPS) is 16.7. The predicted molar refractivity (Wildman–Crippen MR) is 103 cm³/mol. The van der Waals surface area contributed by atoms with Gasteiger partial charge in [-0.3, -0.25) is 4.79 Å². The van der Waals surface area contributed by atoms with Crippen LogP contribution in [-0.2, 0) is 4.79 Å². The number of anilines is 1. The van der Waals surface area contributed by atoms with Crippen LogP contribution in [0.25, 0.3) is 0 Å². The van der Waals surface area contributed by atoms with E-state index >= 15 is 0 Å². The number of rotatable bonds is 2. The highest BCUT2D eigenvalue weighted by atomic mass is 35.5. The SMILES string of the molecule is CN1C(=O)C([n+]2ccccc2)N=C(c2ccccc2)c2cc(Cl)ccc21. The molecule has 0 saturated heterocycles. The number of aromatic nitrogens is 1. The third kappa shape index (κ3) is 2.89. The molecule has 1 aromatic heterocycles. The van der Waals surface area contributed by atoms with Gasteiger partial charge in [-0.05, 0) is 18.2 Å². The van der Waals surface area contributed by atoms with E-state index in [-0.39, 0.29) is 5.91 Å². The predicted octanol–water partition coefficient (Wildman–Crippen LogP) is 3.64. The number of benzodiazepines with no additional fused rings is 1. The van der Waals surface area contributed by atoms with Crippen molar-refractivity contribution in [1.82, 2.24) is 0 Å². The summed E-state index contributed by atoms with van der Waals surface area (Å²) in [7, 11) is 1.77. The molecule has 0 bridgehead atoms. The summed E-state index contributed by atoms with van der Waals surface area (Å²) >= 11 is 6.26. The quantitative estimate of drug-likeness (QED) is 0.641. The van der Waals surface area contributed by atoms with Crippen molar-refractivity contribution in [3.63, 3.8) is 0 Å². The first-order chi connectivity index (χ1) is 12.6. The van der Waals surface area contributed by atoms with Crippen LogP contribution in [-0.4, -0.2) is 18.7 Å². The van der Waals surface area contributed by atoms with Crippen LogP contribution in [0.2, 0.25) is 5.02 Å². The van der Waals surface area contributed by atoms with E-state index in [1.807, 2.05) is 77.6 Å². The van der Waals surface area contributed by atoms with Gasteiger partial charge < -0.3 is 4.90 Å². The summed E-state index contributed by atoms with van der Waals surface area (Å²) < 4.78 is 1.81. The van der Waals surface area contributed by atoms with Crippen LogP contribution >= 0.6 is 11.6 Å². The molecule has 26 heavy (non-hydrogen) atoms. The van der Waals surface area contributed by atoms with E-state index in [0.717, 1.165) is 22.5 Å². The van der Waals surface area contributed by atoms with Gasteiger partial charge in [0.05, 0.1) is 11.4 Å². The Hall–Kier alpha value is -2.98. The molecular formula is C21H17ClN3O+. The first kappa shape index (κ1) is 16.5. The highest BCUT2D eigenvalue weighted by Crippen LogP contribution is 2.31. The number of carbonyl (C=O) groups is 1. The van der Waals surface area contributed by atoms with E-state index in [1.54, 1.807) is 18.0 Å². The second kappa shape index (κ2) is 6.73. The van der Waals surface area contributed by atoms with Crippen molar-refractivity contribution in [3.8, 4) is 0 Å². The number of pyridine rings is 1. The second-order valence-corrected chi connectivity index (χ2v) is 6.54. The van der Waals surface area contributed by atoms with Gasteiger partial charge in [-0.2, -0.15) is 4.57 Å². The van der Waals surface area contributed by atoms with Crippen LogP contribution in [0.5, 0.6) is 0 Å². The molecular weight excluding hydrogens is 346 g/mol. The Labute approximate surface area is 157 Å². The molecule has 1 aliphatic heterocycles. The maximum atomic E-state index is 13.1. The van der Waals surface area contributed by atoms with E-state index < -0.39 is 6.17 Å². The van der Waals surface area contributed by atoms with Gasteiger partial charge in [-0.15, -0.1) is 0 Å². The van der Waals surface area contributed by atoms with Crippen LogP contribution in [0, 0.1) is 0 Å². The lowest BCUT2D eigenvalue weighted by atomic mass is 10.0. The lowest BCUT2D eigenvalue weighted by molar-refractivity contribution is -0.707. The number of hydrogen-bond acceptors (Lipinski definition) is 2. The van der Waals surface area contributed by atoms with Crippen molar-refractivity contribution >= 4 is 28.9 Å². The van der Waals surface area contributed by atoms with Crippen molar-refractivity contribution in [2.45, 2.75) is 6.17 Å². The third-order valence-electron chi connectivity index (χ3n) is 4.45. The molecule has 1 unspecified atom stereocenters. The number of aliphatic imine (C=N–C) groups is 1. The molecule has 2 heterocycles. The molecule has 2 aromatic carbocycles. The van der Waals surface area contributed by atoms with Gasteiger partial charge in [-0.25, -0.2) is 4.99 Å². The monoisotopic (exact) mass is 362 g/mol. The first-order valence-electron chi connectivity index (χ1n) is 8.31. The van der Waals surface area contributed by atoms with Crippen LogP contribution < -0.4 is 9.47 Å². The number of likely N-dealkylation sites (N-methyl/N-ethyl adjacent to an activating group) is 1. The maximum Gasteiger partial charge on any atom is 0.331 e. The number of nitrogens with zero attached hydrogens (tertiary/aromatic N) is 3. The minimum atomic E-state index is -0.678. The smallest absolute Gasteiger partial charge is 0.307 e. The van der Waals surface area contributed by atoms with E-state index in [9.17, 15) is 4.79 Å². The molecule has 1 aliphatic rings.